The topological polar surface area (TPSA) is 120 Å². The van der Waals surface area contributed by atoms with Gasteiger partial charge in [0.1, 0.15) is 19.3 Å². The average molecular weight is 538 g/mol. The first kappa shape index (κ1) is 27.9. The summed E-state index contributed by atoms with van der Waals surface area (Å²) in [5, 5.41) is 5.15. The van der Waals surface area contributed by atoms with Crippen LogP contribution >= 0.6 is 0 Å². The second kappa shape index (κ2) is 14.2. The predicted octanol–water partition coefficient (Wildman–Crippen LogP) is 3.79. The molecule has 40 heavy (non-hydrogen) atoms. The highest BCUT2D eigenvalue weighted by Gasteiger charge is 2.20. The molecule has 0 spiro atoms. The van der Waals surface area contributed by atoms with Gasteiger partial charge in [0.05, 0.1) is 6.54 Å². The molecular formula is C32H31N3O5. The fraction of sp³-hybridized carbons (Fsp3) is 0.156. The Hall–Kier alpha value is -5.11. The maximum absolute atomic E-state index is 12.5. The highest BCUT2D eigenvalue weighted by atomic mass is 16.5. The predicted molar refractivity (Wildman–Crippen MR) is 152 cm³/mol. The molecule has 4 aromatic rings. The van der Waals surface area contributed by atoms with E-state index in [1.807, 2.05) is 60.7 Å². The van der Waals surface area contributed by atoms with E-state index in [4.69, 9.17) is 15.2 Å². The largest absolute Gasteiger partial charge is 0.485 e. The van der Waals surface area contributed by atoms with E-state index in [0.29, 0.717) is 35.8 Å². The number of ether oxygens (including phenoxy) is 2. The van der Waals surface area contributed by atoms with Gasteiger partial charge in [-0.25, -0.2) is 0 Å². The van der Waals surface area contributed by atoms with Crippen LogP contribution in [0.3, 0.4) is 0 Å². The minimum absolute atomic E-state index is 0.133. The number of hydrogen-bond donors (Lipinski definition) is 3. The van der Waals surface area contributed by atoms with Crippen LogP contribution in [0, 0.1) is 0 Å². The van der Waals surface area contributed by atoms with Gasteiger partial charge < -0.3 is 25.8 Å². The van der Waals surface area contributed by atoms with Crippen LogP contribution in [-0.4, -0.2) is 30.3 Å². The Bertz CT molecular complexity index is 1410. The lowest BCUT2D eigenvalue weighted by Crippen LogP contribution is -2.49. The van der Waals surface area contributed by atoms with E-state index < -0.39 is 23.8 Å². The first-order chi connectivity index (χ1) is 19.5. The van der Waals surface area contributed by atoms with Crippen LogP contribution in [0.2, 0.25) is 0 Å². The first-order valence-corrected chi connectivity index (χ1v) is 12.9. The summed E-state index contributed by atoms with van der Waals surface area (Å²) in [6.07, 6.45) is 0.133. The Morgan fingerprint density at radius 3 is 1.80 bits per heavy atom. The van der Waals surface area contributed by atoms with Crippen molar-refractivity contribution < 1.29 is 23.9 Å². The molecule has 4 aromatic carbocycles. The molecular weight excluding hydrogens is 506 g/mol. The Labute approximate surface area is 233 Å². The molecule has 0 aliphatic heterocycles. The molecule has 0 saturated heterocycles. The van der Waals surface area contributed by atoms with Crippen molar-refractivity contribution in [2.24, 2.45) is 5.73 Å². The van der Waals surface area contributed by atoms with Gasteiger partial charge >= 0.3 is 0 Å². The molecule has 0 aliphatic carbocycles. The number of rotatable bonds is 13. The van der Waals surface area contributed by atoms with Gasteiger partial charge in [-0.2, -0.15) is 0 Å². The molecule has 0 aliphatic rings. The Kier molecular flexibility index (Phi) is 9.88. The number of primary amides is 1. The number of nitrogens with two attached hydrogens (primary N) is 1. The number of hydrogen-bond acceptors (Lipinski definition) is 5. The van der Waals surface area contributed by atoms with E-state index in [1.54, 1.807) is 48.5 Å². The third-order valence-corrected chi connectivity index (χ3v) is 6.05. The van der Waals surface area contributed by atoms with Gasteiger partial charge in [-0.15, -0.1) is 0 Å². The number of nitrogens with one attached hydrogen (secondary N) is 2. The van der Waals surface area contributed by atoms with Crippen LogP contribution in [0.1, 0.15) is 27.0 Å². The third kappa shape index (κ3) is 8.46. The van der Waals surface area contributed by atoms with Gasteiger partial charge in [0.25, 0.3) is 5.91 Å². The van der Waals surface area contributed by atoms with Crippen molar-refractivity contribution in [1.29, 1.82) is 0 Å². The van der Waals surface area contributed by atoms with Crippen molar-refractivity contribution in [2.45, 2.75) is 25.7 Å². The van der Waals surface area contributed by atoms with Gasteiger partial charge in [-0.1, -0.05) is 84.9 Å². The van der Waals surface area contributed by atoms with Crippen LogP contribution in [0.25, 0.3) is 0 Å². The normalized spacial score (nSPS) is 11.2. The molecule has 0 aromatic heterocycles. The zero-order valence-electron chi connectivity index (χ0n) is 21.9. The molecule has 8 heteroatoms. The zero-order chi connectivity index (χ0) is 28.2. The second-order valence-corrected chi connectivity index (χ2v) is 9.10. The Balaban J connectivity index is 1.42. The maximum Gasteiger partial charge on any atom is 0.251 e. The van der Waals surface area contributed by atoms with Crippen LogP contribution in [0.15, 0.2) is 109 Å². The summed E-state index contributed by atoms with van der Waals surface area (Å²) in [6.45, 7) is 0.384. The molecule has 4 N–H and O–H groups in total. The number of carbonyl (C=O) groups is 3. The standard InChI is InChI=1S/C32H31N3O5/c33-31(37)27(35-30(36)20-34-32(38)26-14-8-3-9-15-26)18-25-16-17-28(39-21-23-10-4-1-5-11-23)29(19-25)40-22-24-12-6-2-7-13-24/h1-17,19,27H,18,20-22H2,(H2,33,37)(H,34,38)(H,35,36)/t27-/m1/s1. The minimum Gasteiger partial charge on any atom is -0.485 e. The smallest absolute Gasteiger partial charge is 0.251 e. The maximum atomic E-state index is 12.5. The summed E-state index contributed by atoms with van der Waals surface area (Å²) in [6, 6.07) is 32.4. The van der Waals surface area contributed by atoms with E-state index in [0.717, 1.165) is 11.1 Å². The van der Waals surface area contributed by atoms with Crippen LogP contribution in [-0.2, 0) is 29.2 Å². The van der Waals surface area contributed by atoms with Crippen LogP contribution in [0.4, 0.5) is 0 Å². The van der Waals surface area contributed by atoms with Crippen molar-refractivity contribution in [3.05, 3.63) is 131 Å². The lowest BCUT2D eigenvalue weighted by atomic mass is 10.0. The highest BCUT2D eigenvalue weighted by Crippen LogP contribution is 2.30. The lowest BCUT2D eigenvalue weighted by molar-refractivity contribution is -0.126. The molecule has 0 saturated carbocycles. The molecule has 3 amide bonds. The summed E-state index contributed by atoms with van der Waals surface area (Å²) in [5.74, 6) is -0.568. The monoisotopic (exact) mass is 537 g/mol. The fourth-order valence-electron chi connectivity index (χ4n) is 3.94. The fourth-order valence-corrected chi connectivity index (χ4v) is 3.94. The zero-order valence-corrected chi connectivity index (χ0v) is 21.9. The molecule has 4 rings (SSSR count). The molecule has 0 fully saturated rings. The van der Waals surface area contributed by atoms with E-state index in [9.17, 15) is 14.4 Å². The van der Waals surface area contributed by atoms with Crippen LogP contribution < -0.4 is 25.8 Å². The molecule has 0 heterocycles. The van der Waals surface area contributed by atoms with Gasteiger partial charge in [0.15, 0.2) is 11.5 Å². The summed E-state index contributed by atoms with van der Waals surface area (Å²) < 4.78 is 12.2. The van der Waals surface area contributed by atoms with E-state index in [-0.39, 0.29) is 13.0 Å². The van der Waals surface area contributed by atoms with Crippen molar-refractivity contribution in [1.82, 2.24) is 10.6 Å². The molecule has 0 radical (unpaired) electrons. The third-order valence-electron chi connectivity index (χ3n) is 6.05. The molecule has 0 unspecified atom stereocenters. The van der Waals surface area contributed by atoms with Gasteiger partial charge in [-0.05, 0) is 41.0 Å². The SMILES string of the molecule is NC(=O)[C@@H](Cc1ccc(OCc2ccccc2)c(OCc2ccccc2)c1)NC(=O)CNC(=O)c1ccccc1. The molecule has 0 bridgehead atoms. The van der Waals surface area contributed by atoms with Crippen LogP contribution in [0.5, 0.6) is 11.5 Å². The Morgan fingerprint density at radius 2 is 1.23 bits per heavy atom. The van der Waals surface area contributed by atoms with Crippen molar-refractivity contribution in [3.8, 4) is 11.5 Å². The summed E-state index contributed by atoms with van der Waals surface area (Å²) in [7, 11) is 0. The second-order valence-electron chi connectivity index (χ2n) is 9.10. The quantitative estimate of drug-likeness (QED) is 0.240. The number of benzene rings is 4. The number of amides is 3. The van der Waals surface area contributed by atoms with E-state index >= 15 is 0 Å². The minimum atomic E-state index is -0.987. The first-order valence-electron chi connectivity index (χ1n) is 12.9. The molecule has 1 atom stereocenters. The molecule has 204 valence electrons. The van der Waals surface area contributed by atoms with E-state index in [1.165, 1.54) is 0 Å². The summed E-state index contributed by atoms with van der Waals surface area (Å²) >= 11 is 0. The van der Waals surface area contributed by atoms with Gasteiger partial charge in [0.2, 0.25) is 11.8 Å². The Morgan fingerprint density at radius 1 is 0.675 bits per heavy atom. The lowest BCUT2D eigenvalue weighted by Gasteiger charge is -2.18. The molecule has 8 nitrogen and oxygen atoms in total. The van der Waals surface area contributed by atoms with Crippen molar-refractivity contribution in [3.63, 3.8) is 0 Å². The highest BCUT2D eigenvalue weighted by molar-refractivity contribution is 5.97. The van der Waals surface area contributed by atoms with Crippen molar-refractivity contribution >= 4 is 17.7 Å². The summed E-state index contributed by atoms with van der Waals surface area (Å²) in [5.41, 5.74) is 8.74. The van der Waals surface area contributed by atoms with Gasteiger partial charge in [0, 0.05) is 12.0 Å². The summed E-state index contributed by atoms with van der Waals surface area (Å²) in [4.78, 5) is 36.9. The van der Waals surface area contributed by atoms with Crippen molar-refractivity contribution in [2.75, 3.05) is 6.54 Å². The van der Waals surface area contributed by atoms with Gasteiger partial charge in [-0.3, -0.25) is 14.4 Å². The van der Waals surface area contributed by atoms with E-state index in [2.05, 4.69) is 10.6 Å². The number of carbonyl (C=O) groups excluding carboxylic acids is 3. The average Bonchev–Trinajstić information content (AvgIpc) is 2.99.